The highest BCUT2D eigenvalue weighted by atomic mass is 32.1. The van der Waals surface area contributed by atoms with Crippen LogP contribution in [-0.4, -0.2) is 10.7 Å². The minimum absolute atomic E-state index is 0.0424. The van der Waals surface area contributed by atoms with Crippen molar-refractivity contribution in [3.8, 4) is 5.75 Å². The van der Waals surface area contributed by atoms with Crippen molar-refractivity contribution in [3.05, 3.63) is 48.0 Å². The summed E-state index contributed by atoms with van der Waals surface area (Å²) in [5.74, 6) is 0.948. The third-order valence-electron chi connectivity index (χ3n) is 4.39. The normalized spacial score (nSPS) is 17.1. The highest BCUT2D eigenvalue weighted by Crippen LogP contribution is 2.45. The van der Waals surface area contributed by atoms with Gasteiger partial charge in [-0.1, -0.05) is 13.8 Å². The van der Waals surface area contributed by atoms with Gasteiger partial charge >= 0.3 is 0 Å². The summed E-state index contributed by atoms with van der Waals surface area (Å²) in [4.78, 5) is 0. The summed E-state index contributed by atoms with van der Waals surface area (Å²) in [7, 11) is 0. The summed E-state index contributed by atoms with van der Waals surface area (Å²) in [5, 5.41) is 6.95. The van der Waals surface area contributed by atoms with Crippen molar-refractivity contribution in [3.63, 3.8) is 0 Å². The van der Waals surface area contributed by atoms with Gasteiger partial charge in [0.25, 0.3) is 0 Å². The second-order valence-electron chi connectivity index (χ2n) is 7.83. The lowest BCUT2D eigenvalue weighted by Gasteiger charge is -2.42. The van der Waals surface area contributed by atoms with E-state index in [2.05, 4.69) is 44.4 Å². The lowest BCUT2D eigenvalue weighted by molar-refractivity contribution is 0.0535. The topological polar surface area (TPSA) is 59.3 Å². The van der Waals surface area contributed by atoms with Crippen LogP contribution in [0, 0.1) is 0 Å². The highest BCUT2D eigenvalue weighted by Gasteiger charge is 2.38. The van der Waals surface area contributed by atoms with Crippen LogP contribution in [0.5, 0.6) is 5.75 Å². The lowest BCUT2D eigenvalue weighted by atomic mass is 9.73. The van der Waals surface area contributed by atoms with Crippen molar-refractivity contribution in [1.82, 2.24) is 0 Å². The summed E-state index contributed by atoms with van der Waals surface area (Å²) in [6, 6.07) is 13.6. The first kappa shape index (κ1) is 17.5. The summed E-state index contributed by atoms with van der Waals surface area (Å²) in [5.41, 5.74) is 9.36. The molecule has 0 radical (unpaired) electrons. The molecule has 4 N–H and O–H groups in total. The number of nitrogens with two attached hydrogens (primary N) is 1. The Kier molecular flexibility index (Phi) is 4.37. The van der Waals surface area contributed by atoms with Gasteiger partial charge in [0, 0.05) is 22.6 Å². The van der Waals surface area contributed by atoms with E-state index in [4.69, 9.17) is 22.7 Å². The van der Waals surface area contributed by atoms with Crippen molar-refractivity contribution in [2.24, 2.45) is 0 Å². The number of hydrogen-bond donors (Lipinski definition) is 3. The van der Waals surface area contributed by atoms with Crippen LogP contribution < -0.4 is 21.1 Å². The fourth-order valence-corrected chi connectivity index (χ4v) is 3.81. The van der Waals surface area contributed by atoms with Gasteiger partial charge in [0.1, 0.15) is 11.4 Å². The number of hydrogen-bond acceptors (Lipinski definition) is 3. The van der Waals surface area contributed by atoms with Gasteiger partial charge in [-0.15, -0.1) is 0 Å². The van der Waals surface area contributed by atoms with Crippen LogP contribution in [0.4, 0.5) is 17.1 Å². The number of thiocarbonyl (C=S) groups is 1. The summed E-state index contributed by atoms with van der Waals surface area (Å²) in [6.07, 6.45) is 0.963. The van der Waals surface area contributed by atoms with E-state index >= 15 is 0 Å². The van der Waals surface area contributed by atoms with Crippen LogP contribution in [0.3, 0.4) is 0 Å². The molecule has 2 aromatic rings. The fraction of sp³-hybridized carbons (Fsp3) is 0.350. The maximum absolute atomic E-state index is 6.13. The monoisotopic (exact) mass is 355 g/mol. The molecule has 0 atom stereocenters. The third-order valence-corrected chi connectivity index (χ3v) is 4.59. The summed E-state index contributed by atoms with van der Waals surface area (Å²) >= 11 is 5.41. The number of nitrogens with one attached hydrogen (secondary N) is 2. The predicted octanol–water partition coefficient (Wildman–Crippen LogP) is 4.92. The van der Waals surface area contributed by atoms with E-state index in [1.165, 1.54) is 5.56 Å². The van der Waals surface area contributed by atoms with Gasteiger partial charge < -0.3 is 21.1 Å². The van der Waals surface area contributed by atoms with Crippen LogP contribution in [-0.2, 0) is 5.41 Å². The van der Waals surface area contributed by atoms with E-state index in [-0.39, 0.29) is 11.0 Å². The van der Waals surface area contributed by atoms with E-state index in [9.17, 15) is 0 Å². The number of benzene rings is 2. The average Bonchev–Trinajstić information content (AvgIpc) is 2.48. The van der Waals surface area contributed by atoms with Crippen LogP contribution >= 0.6 is 12.2 Å². The SMILES string of the molecule is CC1(C)CC(C)(C)c2cc(NC(=S)Nc3ccc(N)cc3)ccc2O1. The Bertz CT molecular complexity index is 797. The van der Waals surface area contributed by atoms with Gasteiger partial charge in [-0.2, -0.15) is 0 Å². The zero-order chi connectivity index (χ0) is 18.2. The molecule has 0 amide bonds. The molecule has 0 saturated heterocycles. The standard InChI is InChI=1S/C20H25N3OS/c1-19(2)12-20(3,4)24-17-10-9-15(11-16(17)19)23-18(25)22-14-7-5-13(21)6-8-14/h5-11H,12,21H2,1-4H3,(H2,22,23,25). The maximum atomic E-state index is 6.13. The minimum Gasteiger partial charge on any atom is -0.488 e. The quantitative estimate of drug-likeness (QED) is 0.527. The molecule has 1 aliphatic heterocycles. The van der Waals surface area contributed by atoms with Crippen molar-refractivity contribution in [2.75, 3.05) is 16.4 Å². The first-order valence-corrected chi connectivity index (χ1v) is 8.83. The molecule has 1 aliphatic rings. The molecule has 0 saturated carbocycles. The minimum atomic E-state index is -0.155. The lowest BCUT2D eigenvalue weighted by Crippen LogP contribution is -2.41. The molecule has 3 rings (SSSR count). The van der Waals surface area contributed by atoms with Crippen molar-refractivity contribution in [1.29, 1.82) is 0 Å². The number of fused-ring (bicyclic) bond motifs is 1. The largest absolute Gasteiger partial charge is 0.488 e. The first-order chi connectivity index (χ1) is 11.6. The van der Waals surface area contributed by atoms with E-state index in [0.29, 0.717) is 5.11 Å². The molecule has 4 nitrogen and oxygen atoms in total. The summed E-state index contributed by atoms with van der Waals surface area (Å²) < 4.78 is 6.13. The Morgan fingerprint density at radius 1 is 1.00 bits per heavy atom. The van der Waals surface area contributed by atoms with Gasteiger partial charge in [-0.3, -0.25) is 0 Å². The Morgan fingerprint density at radius 2 is 1.60 bits per heavy atom. The predicted molar refractivity (Wildman–Crippen MR) is 109 cm³/mol. The highest BCUT2D eigenvalue weighted by molar-refractivity contribution is 7.80. The molecule has 0 unspecified atom stereocenters. The van der Waals surface area contributed by atoms with E-state index in [0.717, 1.165) is 29.2 Å². The number of nitrogen functional groups attached to an aromatic ring is 1. The second kappa shape index (κ2) is 6.23. The zero-order valence-electron chi connectivity index (χ0n) is 15.1. The van der Waals surface area contributed by atoms with Crippen molar-refractivity contribution >= 4 is 34.4 Å². The van der Waals surface area contributed by atoms with E-state index < -0.39 is 0 Å². The summed E-state index contributed by atoms with van der Waals surface area (Å²) in [6.45, 7) is 8.78. The van der Waals surface area contributed by atoms with E-state index in [1.807, 2.05) is 36.4 Å². The van der Waals surface area contributed by atoms with Crippen molar-refractivity contribution in [2.45, 2.75) is 45.1 Å². The fourth-order valence-electron chi connectivity index (χ4n) is 3.58. The molecule has 0 aliphatic carbocycles. The van der Waals surface area contributed by atoms with E-state index in [1.54, 1.807) is 0 Å². The molecule has 0 bridgehead atoms. The van der Waals surface area contributed by atoms with Crippen LogP contribution in [0.2, 0.25) is 0 Å². The molecular weight excluding hydrogens is 330 g/mol. The Balaban J connectivity index is 1.76. The Hall–Kier alpha value is -2.27. The number of ether oxygens (including phenoxy) is 1. The number of rotatable bonds is 2. The second-order valence-corrected chi connectivity index (χ2v) is 8.24. The number of anilines is 3. The molecular formula is C20H25N3OS. The van der Waals surface area contributed by atoms with Gasteiger partial charge in [-0.05, 0) is 80.4 Å². The molecule has 1 heterocycles. The first-order valence-electron chi connectivity index (χ1n) is 8.42. The molecule has 0 spiro atoms. The van der Waals surface area contributed by atoms with Gasteiger partial charge in [0.05, 0.1) is 0 Å². The van der Waals surface area contributed by atoms with Gasteiger partial charge in [0.15, 0.2) is 5.11 Å². The molecule has 5 heteroatoms. The van der Waals surface area contributed by atoms with Crippen LogP contribution in [0.1, 0.15) is 39.7 Å². The van der Waals surface area contributed by atoms with Crippen LogP contribution in [0.15, 0.2) is 42.5 Å². The van der Waals surface area contributed by atoms with Crippen LogP contribution in [0.25, 0.3) is 0 Å². The molecule has 132 valence electrons. The average molecular weight is 356 g/mol. The molecule has 0 aromatic heterocycles. The maximum Gasteiger partial charge on any atom is 0.175 e. The molecule has 0 fully saturated rings. The van der Waals surface area contributed by atoms with Crippen molar-refractivity contribution < 1.29 is 4.74 Å². The Labute approximate surface area is 154 Å². The molecule has 25 heavy (non-hydrogen) atoms. The van der Waals surface area contributed by atoms with Gasteiger partial charge in [0.2, 0.25) is 0 Å². The third kappa shape index (κ3) is 4.04. The smallest absolute Gasteiger partial charge is 0.175 e. The Morgan fingerprint density at radius 3 is 2.28 bits per heavy atom. The van der Waals surface area contributed by atoms with Gasteiger partial charge in [-0.25, -0.2) is 0 Å². The zero-order valence-corrected chi connectivity index (χ0v) is 16.0. The molecule has 2 aromatic carbocycles.